The second-order valence-corrected chi connectivity index (χ2v) is 4.32. The minimum atomic E-state index is -1.12. The first-order chi connectivity index (χ1) is 8.24. The van der Waals surface area contributed by atoms with Gasteiger partial charge in [0.15, 0.2) is 6.10 Å². The van der Waals surface area contributed by atoms with Crippen LogP contribution in [0.25, 0.3) is 0 Å². The SMILES string of the molecule is O=C([C@@H](O)c1ccccc1)N1CCC[C@@H]1CO. The molecule has 1 aliphatic rings. The van der Waals surface area contributed by atoms with E-state index in [0.717, 1.165) is 12.8 Å². The largest absolute Gasteiger partial charge is 0.394 e. The van der Waals surface area contributed by atoms with Crippen molar-refractivity contribution in [2.45, 2.75) is 25.0 Å². The second kappa shape index (κ2) is 5.29. The van der Waals surface area contributed by atoms with Gasteiger partial charge in [0, 0.05) is 6.54 Å². The third-order valence-electron chi connectivity index (χ3n) is 3.22. The van der Waals surface area contributed by atoms with E-state index >= 15 is 0 Å². The molecule has 2 rings (SSSR count). The van der Waals surface area contributed by atoms with Crippen LogP contribution in [0.2, 0.25) is 0 Å². The molecule has 0 aromatic heterocycles. The van der Waals surface area contributed by atoms with E-state index in [0.29, 0.717) is 12.1 Å². The number of amides is 1. The van der Waals surface area contributed by atoms with Gasteiger partial charge >= 0.3 is 0 Å². The average molecular weight is 235 g/mol. The molecule has 1 aromatic rings. The highest BCUT2D eigenvalue weighted by Crippen LogP contribution is 2.22. The fraction of sp³-hybridized carbons (Fsp3) is 0.462. The zero-order valence-electron chi connectivity index (χ0n) is 9.62. The molecule has 92 valence electrons. The Morgan fingerprint density at radius 3 is 2.76 bits per heavy atom. The van der Waals surface area contributed by atoms with Crippen molar-refractivity contribution in [3.05, 3.63) is 35.9 Å². The Kier molecular flexibility index (Phi) is 3.76. The standard InChI is InChI=1S/C13H17NO3/c15-9-11-7-4-8-14(11)13(17)12(16)10-5-2-1-3-6-10/h1-3,5-6,11-12,15-16H,4,7-9H2/t11-,12+/m1/s1. The van der Waals surface area contributed by atoms with Gasteiger partial charge < -0.3 is 15.1 Å². The zero-order chi connectivity index (χ0) is 12.3. The number of aliphatic hydroxyl groups is 2. The van der Waals surface area contributed by atoms with Gasteiger partial charge in [0.05, 0.1) is 12.6 Å². The number of hydrogen-bond donors (Lipinski definition) is 2. The maximum atomic E-state index is 12.1. The van der Waals surface area contributed by atoms with Crippen molar-refractivity contribution in [1.82, 2.24) is 4.90 Å². The lowest BCUT2D eigenvalue weighted by molar-refractivity contribution is -0.142. The average Bonchev–Trinajstić information content (AvgIpc) is 2.86. The molecule has 4 heteroatoms. The van der Waals surface area contributed by atoms with E-state index in [1.165, 1.54) is 0 Å². The van der Waals surface area contributed by atoms with Crippen LogP contribution in [-0.2, 0) is 4.79 Å². The van der Waals surface area contributed by atoms with Gasteiger partial charge in [0.2, 0.25) is 0 Å². The maximum Gasteiger partial charge on any atom is 0.256 e. The Morgan fingerprint density at radius 1 is 1.41 bits per heavy atom. The quantitative estimate of drug-likeness (QED) is 0.811. The lowest BCUT2D eigenvalue weighted by Gasteiger charge is -2.25. The molecule has 1 aliphatic heterocycles. The predicted molar refractivity (Wildman–Crippen MR) is 63.2 cm³/mol. The highest BCUT2D eigenvalue weighted by molar-refractivity contribution is 5.82. The molecule has 0 aliphatic carbocycles. The van der Waals surface area contributed by atoms with Crippen molar-refractivity contribution in [2.24, 2.45) is 0 Å². The van der Waals surface area contributed by atoms with E-state index in [-0.39, 0.29) is 18.6 Å². The molecular weight excluding hydrogens is 218 g/mol. The van der Waals surface area contributed by atoms with Gasteiger partial charge in [-0.1, -0.05) is 30.3 Å². The van der Waals surface area contributed by atoms with Crippen LogP contribution in [0, 0.1) is 0 Å². The molecule has 17 heavy (non-hydrogen) atoms. The smallest absolute Gasteiger partial charge is 0.256 e. The number of benzene rings is 1. The van der Waals surface area contributed by atoms with Gasteiger partial charge in [-0.25, -0.2) is 0 Å². The van der Waals surface area contributed by atoms with E-state index in [2.05, 4.69) is 0 Å². The van der Waals surface area contributed by atoms with E-state index in [9.17, 15) is 9.90 Å². The lowest BCUT2D eigenvalue weighted by atomic mass is 10.1. The van der Waals surface area contributed by atoms with Gasteiger partial charge in [-0.2, -0.15) is 0 Å². The molecule has 2 atom stereocenters. The summed E-state index contributed by atoms with van der Waals surface area (Å²) in [6.07, 6.45) is 0.575. The minimum Gasteiger partial charge on any atom is -0.394 e. The molecule has 1 heterocycles. The molecule has 1 saturated heterocycles. The molecule has 2 N–H and O–H groups in total. The first-order valence-electron chi connectivity index (χ1n) is 5.88. The fourth-order valence-corrected chi connectivity index (χ4v) is 2.25. The van der Waals surface area contributed by atoms with E-state index < -0.39 is 6.10 Å². The third-order valence-corrected chi connectivity index (χ3v) is 3.22. The molecule has 0 saturated carbocycles. The van der Waals surface area contributed by atoms with Crippen molar-refractivity contribution in [3.8, 4) is 0 Å². The second-order valence-electron chi connectivity index (χ2n) is 4.32. The number of aliphatic hydroxyl groups excluding tert-OH is 2. The summed E-state index contributed by atoms with van der Waals surface area (Å²) in [5.74, 6) is -0.312. The number of carbonyl (C=O) groups excluding carboxylic acids is 1. The summed E-state index contributed by atoms with van der Waals surface area (Å²) in [6.45, 7) is 0.585. The van der Waals surface area contributed by atoms with Crippen molar-refractivity contribution in [2.75, 3.05) is 13.2 Å². The molecule has 0 bridgehead atoms. The summed E-state index contributed by atoms with van der Waals surface area (Å²) >= 11 is 0. The molecule has 0 spiro atoms. The number of carbonyl (C=O) groups is 1. The maximum absolute atomic E-state index is 12.1. The van der Waals surface area contributed by atoms with Crippen molar-refractivity contribution < 1.29 is 15.0 Å². The van der Waals surface area contributed by atoms with Crippen LogP contribution >= 0.6 is 0 Å². The lowest BCUT2D eigenvalue weighted by Crippen LogP contribution is -2.40. The Hall–Kier alpha value is -1.39. The highest BCUT2D eigenvalue weighted by atomic mass is 16.3. The topological polar surface area (TPSA) is 60.8 Å². The summed E-state index contributed by atoms with van der Waals surface area (Å²) in [6, 6.07) is 8.74. The molecule has 1 fully saturated rings. The minimum absolute atomic E-state index is 0.0345. The molecule has 4 nitrogen and oxygen atoms in total. The zero-order valence-corrected chi connectivity index (χ0v) is 9.62. The van der Waals surface area contributed by atoms with Crippen molar-refractivity contribution in [1.29, 1.82) is 0 Å². The monoisotopic (exact) mass is 235 g/mol. The summed E-state index contributed by atoms with van der Waals surface area (Å²) < 4.78 is 0. The number of likely N-dealkylation sites (tertiary alicyclic amines) is 1. The van der Waals surface area contributed by atoms with E-state index in [4.69, 9.17) is 5.11 Å². The first-order valence-corrected chi connectivity index (χ1v) is 5.88. The van der Waals surface area contributed by atoms with E-state index in [1.807, 2.05) is 6.07 Å². The Balaban J connectivity index is 2.10. The first kappa shape index (κ1) is 12.1. The Bertz CT molecular complexity index is 380. The Labute approximate surface area is 100 Å². The normalized spacial score (nSPS) is 21.5. The third kappa shape index (κ3) is 2.48. The molecule has 0 unspecified atom stereocenters. The number of hydrogen-bond acceptors (Lipinski definition) is 3. The highest BCUT2D eigenvalue weighted by Gasteiger charge is 2.32. The number of nitrogens with zero attached hydrogens (tertiary/aromatic N) is 1. The van der Waals surface area contributed by atoms with Crippen molar-refractivity contribution >= 4 is 5.91 Å². The van der Waals surface area contributed by atoms with Crippen LogP contribution in [0.5, 0.6) is 0 Å². The number of rotatable bonds is 3. The van der Waals surface area contributed by atoms with Gasteiger partial charge in [0.25, 0.3) is 5.91 Å². The van der Waals surface area contributed by atoms with Crippen LogP contribution < -0.4 is 0 Å². The molecule has 1 aromatic carbocycles. The summed E-state index contributed by atoms with van der Waals surface area (Å²) in [7, 11) is 0. The van der Waals surface area contributed by atoms with Gasteiger partial charge in [-0.3, -0.25) is 4.79 Å². The van der Waals surface area contributed by atoms with Crippen molar-refractivity contribution in [3.63, 3.8) is 0 Å². The van der Waals surface area contributed by atoms with Crippen LogP contribution in [0.4, 0.5) is 0 Å². The summed E-state index contributed by atoms with van der Waals surface area (Å²) in [5, 5.41) is 19.2. The van der Waals surface area contributed by atoms with E-state index in [1.54, 1.807) is 29.2 Å². The Morgan fingerprint density at radius 2 is 2.12 bits per heavy atom. The fourth-order valence-electron chi connectivity index (χ4n) is 2.25. The molecule has 1 amide bonds. The molecule has 0 radical (unpaired) electrons. The predicted octanol–water partition coefficient (Wildman–Crippen LogP) is 0.703. The van der Waals surface area contributed by atoms with Gasteiger partial charge in [-0.15, -0.1) is 0 Å². The van der Waals surface area contributed by atoms with Crippen LogP contribution in [0.15, 0.2) is 30.3 Å². The molecular formula is C13H17NO3. The van der Waals surface area contributed by atoms with Gasteiger partial charge in [-0.05, 0) is 18.4 Å². The summed E-state index contributed by atoms with van der Waals surface area (Å²) in [5.41, 5.74) is 0.598. The van der Waals surface area contributed by atoms with Crippen LogP contribution in [-0.4, -0.2) is 40.2 Å². The summed E-state index contributed by atoms with van der Waals surface area (Å²) in [4.78, 5) is 13.7. The van der Waals surface area contributed by atoms with Crippen LogP contribution in [0.3, 0.4) is 0 Å². The van der Waals surface area contributed by atoms with Crippen LogP contribution in [0.1, 0.15) is 24.5 Å². The van der Waals surface area contributed by atoms with Gasteiger partial charge in [0.1, 0.15) is 0 Å².